The van der Waals surface area contributed by atoms with Crippen LogP contribution in [-0.4, -0.2) is 56.7 Å². The maximum absolute atomic E-state index is 5.94. The van der Waals surface area contributed by atoms with E-state index < -0.39 is 0 Å². The lowest BCUT2D eigenvalue weighted by molar-refractivity contribution is 0.259. The molecule has 0 radical (unpaired) electrons. The number of guanidine groups is 1. The first-order valence-corrected chi connectivity index (χ1v) is 10.0. The van der Waals surface area contributed by atoms with Crippen molar-refractivity contribution in [1.29, 1.82) is 0 Å². The molecule has 2 aromatic carbocycles. The number of aliphatic imine (C=N–C) groups is 1. The Morgan fingerprint density at radius 1 is 1.03 bits per heavy atom. The number of ether oxygens (including phenoxy) is 1. The van der Waals surface area contributed by atoms with E-state index in [1.807, 2.05) is 32.3 Å². The number of hydrogen-bond donors (Lipinski definition) is 3. The highest BCUT2D eigenvalue weighted by atomic mass is 127. The van der Waals surface area contributed by atoms with Crippen LogP contribution < -0.4 is 15.4 Å². The van der Waals surface area contributed by atoms with E-state index in [4.69, 9.17) is 4.74 Å². The van der Waals surface area contributed by atoms with Gasteiger partial charge < -0.3 is 25.3 Å². The summed E-state index contributed by atoms with van der Waals surface area (Å²) < 4.78 is 5.94. The van der Waals surface area contributed by atoms with Crippen LogP contribution in [0.5, 0.6) is 5.75 Å². The summed E-state index contributed by atoms with van der Waals surface area (Å²) >= 11 is 0. The maximum Gasteiger partial charge on any atom is 0.191 e. The van der Waals surface area contributed by atoms with E-state index in [2.05, 4.69) is 62.0 Å². The van der Waals surface area contributed by atoms with Crippen molar-refractivity contribution in [3.05, 3.63) is 65.9 Å². The largest absolute Gasteiger partial charge is 0.492 e. The van der Waals surface area contributed by atoms with Crippen molar-refractivity contribution in [2.45, 2.75) is 13.0 Å². The van der Waals surface area contributed by atoms with E-state index in [1.165, 1.54) is 16.5 Å². The fourth-order valence-corrected chi connectivity index (χ4v) is 3.18. The minimum absolute atomic E-state index is 0. The molecule has 0 bridgehead atoms. The Bertz CT molecular complexity index is 938. The van der Waals surface area contributed by atoms with Crippen LogP contribution in [0.25, 0.3) is 10.9 Å². The first-order valence-electron chi connectivity index (χ1n) is 10.0. The Kier molecular flexibility index (Phi) is 9.96. The van der Waals surface area contributed by atoms with E-state index >= 15 is 0 Å². The highest BCUT2D eigenvalue weighted by molar-refractivity contribution is 14.0. The number of hydrogen-bond acceptors (Lipinski definition) is 3. The Labute approximate surface area is 196 Å². The van der Waals surface area contributed by atoms with Gasteiger partial charge in [0, 0.05) is 49.3 Å². The van der Waals surface area contributed by atoms with Crippen LogP contribution in [0, 0.1) is 0 Å². The third kappa shape index (κ3) is 6.91. The van der Waals surface area contributed by atoms with Gasteiger partial charge in [-0.05, 0) is 38.2 Å². The average Bonchev–Trinajstić information content (AvgIpc) is 3.14. The van der Waals surface area contributed by atoms with Crippen molar-refractivity contribution in [2.24, 2.45) is 4.99 Å². The zero-order valence-corrected chi connectivity index (χ0v) is 20.3. The van der Waals surface area contributed by atoms with Crippen molar-refractivity contribution >= 4 is 40.8 Å². The van der Waals surface area contributed by atoms with Gasteiger partial charge in [-0.25, -0.2) is 0 Å². The van der Waals surface area contributed by atoms with Crippen molar-refractivity contribution < 1.29 is 4.74 Å². The summed E-state index contributed by atoms with van der Waals surface area (Å²) in [6.45, 7) is 3.02. The molecule has 0 saturated heterocycles. The molecule has 7 heteroatoms. The first-order chi connectivity index (χ1) is 14.2. The van der Waals surface area contributed by atoms with Crippen LogP contribution in [0.15, 0.2) is 59.7 Å². The Morgan fingerprint density at radius 2 is 1.80 bits per heavy atom. The molecule has 0 atom stereocenters. The fourth-order valence-electron chi connectivity index (χ4n) is 3.18. The number of rotatable bonds is 9. The molecule has 3 rings (SSSR count). The van der Waals surface area contributed by atoms with E-state index in [-0.39, 0.29) is 24.0 Å². The standard InChI is InChI=1S/C23H31N5O.HI/c1-24-23(25-13-12-18-16-26-21-10-6-5-9-20(18)21)27-17-19-8-4-7-11-22(19)29-15-14-28(2)3;/h4-11,16,26H,12-15,17H2,1-3H3,(H2,24,25,27);1H. The lowest BCUT2D eigenvalue weighted by atomic mass is 10.1. The summed E-state index contributed by atoms with van der Waals surface area (Å²) in [5.41, 5.74) is 3.60. The second-order valence-corrected chi connectivity index (χ2v) is 7.22. The molecular formula is C23H32IN5O. The molecule has 0 saturated carbocycles. The van der Waals surface area contributed by atoms with Crippen molar-refractivity contribution in [3.8, 4) is 5.75 Å². The van der Waals surface area contributed by atoms with E-state index in [0.29, 0.717) is 13.2 Å². The Morgan fingerprint density at radius 3 is 2.60 bits per heavy atom. The van der Waals surface area contributed by atoms with Gasteiger partial charge in [-0.2, -0.15) is 0 Å². The maximum atomic E-state index is 5.94. The zero-order chi connectivity index (χ0) is 20.5. The molecular weight excluding hydrogens is 489 g/mol. The van der Waals surface area contributed by atoms with Crippen LogP contribution in [0.3, 0.4) is 0 Å². The molecule has 3 N–H and O–H groups in total. The predicted octanol–water partition coefficient (Wildman–Crippen LogP) is 3.63. The van der Waals surface area contributed by atoms with Crippen molar-refractivity contribution in [3.63, 3.8) is 0 Å². The summed E-state index contributed by atoms with van der Waals surface area (Å²) in [5, 5.41) is 8.06. The number of nitrogens with one attached hydrogen (secondary N) is 3. The van der Waals surface area contributed by atoms with E-state index in [9.17, 15) is 0 Å². The number of H-pyrrole nitrogens is 1. The molecule has 30 heavy (non-hydrogen) atoms. The molecule has 0 aliphatic heterocycles. The lowest BCUT2D eigenvalue weighted by Gasteiger charge is -2.16. The molecule has 0 aliphatic rings. The Balaban J connectivity index is 0.00000320. The molecule has 3 aromatic rings. The smallest absolute Gasteiger partial charge is 0.191 e. The molecule has 0 fully saturated rings. The van der Waals surface area contributed by atoms with Gasteiger partial charge in [-0.3, -0.25) is 4.99 Å². The lowest BCUT2D eigenvalue weighted by Crippen LogP contribution is -2.37. The second kappa shape index (κ2) is 12.4. The molecule has 1 aromatic heterocycles. The number of benzene rings is 2. The van der Waals surface area contributed by atoms with Gasteiger partial charge in [0.2, 0.25) is 0 Å². The van der Waals surface area contributed by atoms with Gasteiger partial charge in [0.25, 0.3) is 0 Å². The molecule has 0 aliphatic carbocycles. The monoisotopic (exact) mass is 521 g/mol. The summed E-state index contributed by atoms with van der Waals surface area (Å²) in [7, 11) is 5.88. The minimum Gasteiger partial charge on any atom is -0.492 e. The summed E-state index contributed by atoms with van der Waals surface area (Å²) in [6, 6.07) is 16.5. The SMILES string of the molecule is CN=C(NCCc1c[nH]c2ccccc12)NCc1ccccc1OCCN(C)C.I. The molecule has 1 heterocycles. The normalized spacial score (nSPS) is 11.4. The molecule has 0 spiro atoms. The average molecular weight is 521 g/mol. The van der Waals surface area contributed by atoms with Crippen LogP contribution in [0.1, 0.15) is 11.1 Å². The van der Waals surface area contributed by atoms with Gasteiger partial charge in [-0.1, -0.05) is 36.4 Å². The van der Waals surface area contributed by atoms with Crippen LogP contribution in [0.4, 0.5) is 0 Å². The molecule has 0 unspecified atom stereocenters. The highest BCUT2D eigenvalue weighted by Crippen LogP contribution is 2.18. The van der Waals surface area contributed by atoms with Crippen LogP contribution in [-0.2, 0) is 13.0 Å². The zero-order valence-electron chi connectivity index (χ0n) is 17.9. The van der Waals surface area contributed by atoms with Gasteiger partial charge in [0.1, 0.15) is 12.4 Å². The topological polar surface area (TPSA) is 64.7 Å². The highest BCUT2D eigenvalue weighted by Gasteiger charge is 2.06. The summed E-state index contributed by atoms with van der Waals surface area (Å²) in [4.78, 5) is 9.78. The van der Waals surface area contributed by atoms with Gasteiger partial charge in [-0.15, -0.1) is 24.0 Å². The quantitative estimate of drug-likeness (QED) is 0.229. The van der Waals surface area contributed by atoms with Crippen molar-refractivity contribution in [2.75, 3.05) is 40.8 Å². The number of nitrogens with zero attached hydrogens (tertiary/aromatic N) is 2. The second-order valence-electron chi connectivity index (χ2n) is 7.22. The fraction of sp³-hybridized carbons (Fsp3) is 0.348. The van der Waals surface area contributed by atoms with Gasteiger partial charge >= 0.3 is 0 Å². The van der Waals surface area contributed by atoms with Crippen molar-refractivity contribution in [1.82, 2.24) is 20.5 Å². The molecule has 162 valence electrons. The minimum atomic E-state index is 0. The first kappa shape index (κ1) is 24.0. The summed E-state index contributed by atoms with van der Waals surface area (Å²) in [6.07, 6.45) is 3.01. The number of likely N-dealkylation sites (N-methyl/N-ethyl adjacent to an activating group) is 1. The van der Waals surface area contributed by atoms with E-state index in [1.54, 1.807) is 7.05 Å². The third-order valence-corrected chi connectivity index (χ3v) is 4.80. The van der Waals surface area contributed by atoms with Crippen LogP contribution in [0.2, 0.25) is 0 Å². The number of fused-ring (bicyclic) bond motifs is 1. The number of aromatic nitrogens is 1. The number of halogens is 1. The summed E-state index contributed by atoms with van der Waals surface area (Å²) in [5.74, 6) is 1.70. The predicted molar refractivity (Wildman–Crippen MR) is 136 cm³/mol. The molecule has 6 nitrogen and oxygen atoms in total. The molecule has 0 amide bonds. The van der Waals surface area contributed by atoms with E-state index in [0.717, 1.165) is 36.8 Å². The van der Waals surface area contributed by atoms with Crippen LogP contribution >= 0.6 is 24.0 Å². The van der Waals surface area contributed by atoms with Gasteiger partial charge in [0.05, 0.1) is 0 Å². The third-order valence-electron chi connectivity index (χ3n) is 4.80. The number of para-hydroxylation sites is 2. The van der Waals surface area contributed by atoms with Gasteiger partial charge in [0.15, 0.2) is 5.96 Å². The Hall–Kier alpha value is -2.26. The number of aromatic amines is 1.